The largest absolute Gasteiger partial charge is 0.495 e. The Bertz CT molecular complexity index is 499. The van der Waals surface area contributed by atoms with Gasteiger partial charge in [0, 0.05) is 12.2 Å². The summed E-state index contributed by atoms with van der Waals surface area (Å²) in [5.41, 5.74) is 7.09. The zero-order valence-corrected chi connectivity index (χ0v) is 12.3. The van der Waals surface area contributed by atoms with Crippen LogP contribution in [-0.2, 0) is 0 Å². The minimum Gasteiger partial charge on any atom is -0.495 e. The summed E-state index contributed by atoms with van der Waals surface area (Å²) in [6.07, 6.45) is 1.22. The molecule has 0 heterocycles. The maximum atomic E-state index is 6.04. The number of hydrogen-bond acceptors (Lipinski definition) is 2. The van der Waals surface area contributed by atoms with Crippen LogP contribution in [0.4, 0.5) is 5.69 Å². The number of benzene rings is 1. The Kier molecular flexibility index (Phi) is 3.90. The van der Waals surface area contributed by atoms with Crippen LogP contribution in [0, 0.1) is 11.3 Å². The van der Waals surface area contributed by atoms with Crippen molar-refractivity contribution in [3.63, 3.8) is 0 Å². The van der Waals surface area contributed by atoms with E-state index in [1.165, 1.54) is 6.42 Å². The number of rotatable bonds is 4. The average Bonchev–Trinajstić information content (AvgIpc) is 2.95. The third-order valence-corrected chi connectivity index (χ3v) is 3.92. The molecule has 2 rings (SSSR count). The molecule has 1 aromatic rings. The van der Waals surface area contributed by atoms with E-state index in [-0.39, 0.29) is 0 Å². The van der Waals surface area contributed by atoms with Gasteiger partial charge in [-0.1, -0.05) is 25.4 Å². The number of hydrogen-bond donors (Lipinski definition) is 2. The van der Waals surface area contributed by atoms with Crippen molar-refractivity contribution < 1.29 is 4.74 Å². The van der Waals surface area contributed by atoms with Crippen molar-refractivity contribution in [3.8, 4) is 5.75 Å². The van der Waals surface area contributed by atoms with Crippen LogP contribution in [0.25, 0.3) is 0 Å². The van der Waals surface area contributed by atoms with E-state index in [0.717, 1.165) is 12.2 Å². The van der Waals surface area contributed by atoms with E-state index < -0.39 is 0 Å². The predicted molar refractivity (Wildman–Crippen MR) is 80.0 cm³/mol. The van der Waals surface area contributed by atoms with Gasteiger partial charge in [-0.05, 0) is 36.0 Å². The fourth-order valence-corrected chi connectivity index (χ4v) is 2.29. The van der Waals surface area contributed by atoms with E-state index >= 15 is 0 Å². The van der Waals surface area contributed by atoms with Crippen molar-refractivity contribution >= 4 is 23.2 Å². The highest BCUT2D eigenvalue weighted by atomic mass is 35.5. The second kappa shape index (κ2) is 5.29. The van der Waals surface area contributed by atoms with Crippen LogP contribution >= 0.6 is 11.6 Å². The normalized spacial score (nSPS) is 21.1. The van der Waals surface area contributed by atoms with E-state index in [9.17, 15) is 0 Å². The van der Waals surface area contributed by atoms with Gasteiger partial charge in [0.2, 0.25) is 0 Å². The number of nitrogens with one attached hydrogen (secondary N) is 1. The Morgan fingerprint density at radius 2 is 2.26 bits per heavy atom. The summed E-state index contributed by atoms with van der Waals surface area (Å²) in [6.45, 7) is 5.27. The van der Waals surface area contributed by atoms with E-state index in [0.29, 0.717) is 28.1 Å². The topological polar surface area (TPSA) is 59.6 Å². The molecule has 1 fully saturated rings. The van der Waals surface area contributed by atoms with Crippen molar-refractivity contribution in [2.24, 2.45) is 22.1 Å². The van der Waals surface area contributed by atoms with Crippen LogP contribution in [0.5, 0.6) is 5.75 Å². The van der Waals surface area contributed by atoms with E-state index in [2.05, 4.69) is 24.2 Å². The van der Waals surface area contributed by atoms with Crippen molar-refractivity contribution in [1.82, 2.24) is 0 Å². The van der Waals surface area contributed by atoms with Crippen LogP contribution in [0.1, 0.15) is 20.3 Å². The summed E-state index contributed by atoms with van der Waals surface area (Å²) in [5, 5.41) is 3.58. The molecule has 1 unspecified atom stereocenters. The van der Waals surface area contributed by atoms with Crippen molar-refractivity contribution in [1.29, 1.82) is 0 Å². The third-order valence-electron chi connectivity index (χ3n) is 3.62. The third kappa shape index (κ3) is 3.53. The van der Waals surface area contributed by atoms with Gasteiger partial charge in [-0.25, -0.2) is 0 Å². The molecule has 1 aliphatic rings. The number of halogens is 1. The van der Waals surface area contributed by atoms with Crippen LogP contribution < -0.4 is 15.8 Å². The van der Waals surface area contributed by atoms with Gasteiger partial charge in [0.05, 0.1) is 12.1 Å². The molecule has 0 radical (unpaired) electrons. The lowest BCUT2D eigenvalue weighted by Crippen LogP contribution is -2.23. The number of guanidine groups is 1. The highest BCUT2D eigenvalue weighted by Gasteiger charge is 2.45. The molecule has 0 saturated heterocycles. The summed E-state index contributed by atoms with van der Waals surface area (Å²) < 4.78 is 5.09. The van der Waals surface area contributed by atoms with Gasteiger partial charge >= 0.3 is 0 Å². The van der Waals surface area contributed by atoms with Gasteiger partial charge < -0.3 is 15.8 Å². The molecule has 3 N–H and O–H groups in total. The van der Waals surface area contributed by atoms with Crippen molar-refractivity contribution in [2.75, 3.05) is 19.0 Å². The Morgan fingerprint density at radius 3 is 2.79 bits per heavy atom. The molecule has 19 heavy (non-hydrogen) atoms. The molecule has 1 aliphatic carbocycles. The monoisotopic (exact) mass is 281 g/mol. The van der Waals surface area contributed by atoms with E-state index in [1.807, 2.05) is 6.07 Å². The number of anilines is 1. The molecule has 0 bridgehead atoms. The lowest BCUT2D eigenvalue weighted by molar-refractivity contribution is 0.415. The molecule has 0 aliphatic heterocycles. The smallest absolute Gasteiger partial charge is 0.193 e. The van der Waals surface area contributed by atoms with Crippen LogP contribution in [0.15, 0.2) is 23.2 Å². The predicted octanol–water partition coefficient (Wildman–Crippen LogP) is 3.12. The van der Waals surface area contributed by atoms with Crippen LogP contribution in [0.3, 0.4) is 0 Å². The number of methoxy groups -OCH3 is 1. The second-order valence-corrected chi connectivity index (χ2v) is 6.00. The second-order valence-electron chi connectivity index (χ2n) is 5.59. The fourth-order valence-electron chi connectivity index (χ4n) is 2.03. The Morgan fingerprint density at radius 1 is 1.58 bits per heavy atom. The molecule has 4 nitrogen and oxygen atoms in total. The molecule has 5 heteroatoms. The summed E-state index contributed by atoms with van der Waals surface area (Å²) in [4.78, 5) is 4.36. The molecular weight excluding hydrogens is 262 g/mol. The average molecular weight is 282 g/mol. The van der Waals surface area contributed by atoms with E-state index in [1.54, 1.807) is 19.2 Å². The summed E-state index contributed by atoms with van der Waals surface area (Å²) in [5.74, 6) is 1.71. The number of aliphatic imine (C=N–C) groups is 1. The van der Waals surface area contributed by atoms with E-state index in [4.69, 9.17) is 22.1 Å². The first-order chi connectivity index (χ1) is 8.92. The Labute approximate surface area is 119 Å². The molecule has 0 aromatic heterocycles. The molecule has 0 amide bonds. The van der Waals surface area contributed by atoms with Gasteiger partial charge in [0.15, 0.2) is 5.96 Å². The molecule has 104 valence electrons. The molecule has 1 saturated carbocycles. The SMILES string of the molecule is COc1ccc(NC(N)=NCC2CC2(C)C)cc1Cl. The molecule has 1 atom stereocenters. The summed E-state index contributed by atoms with van der Waals surface area (Å²) in [7, 11) is 1.58. The first kappa shape index (κ1) is 14.0. The van der Waals surface area contributed by atoms with Gasteiger partial charge in [-0.3, -0.25) is 4.99 Å². The maximum Gasteiger partial charge on any atom is 0.193 e. The highest BCUT2D eigenvalue weighted by molar-refractivity contribution is 6.32. The molecule has 1 aromatic carbocycles. The number of nitrogens with two attached hydrogens (primary N) is 1. The summed E-state index contributed by atoms with van der Waals surface area (Å²) in [6, 6.07) is 5.42. The summed E-state index contributed by atoms with van der Waals surface area (Å²) >= 11 is 6.04. The highest BCUT2D eigenvalue weighted by Crippen LogP contribution is 2.51. The van der Waals surface area contributed by atoms with Crippen LogP contribution in [-0.4, -0.2) is 19.6 Å². The molecule has 0 spiro atoms. The number of nitrogens with zero attached hydrogens (tertiary/aromatic N) is 1. The molecular formula is C14H20ClN3O. The van der Waals surface area contributed by atoms with Crippen molar-refractivity contribution in [2.45, 2.75) is 20.3 Å². The van der Waals surface area contributed by atoms with Gasteiger partial charge in [-0.2, -0.15) is 0 Å². The standard InChI is InChI=1S/C14H20ClN3O/c1-14(2)7-9(14)8-17-13(16)18-10-4-5-12(19-3)11(15)6-10/h4-6,9H,7-8H2,1-3H3,(H3,16,17,18). The van der Waals surface area contributed by atoms with Gasteiger partial charge in [0.25, 0.3) is 0 Å². The zero-order chi connectivity index (χ0) is 14.0. The maximum absolute atomic E-state index is 6.04. The first-order valence-corrected chi connectivity index (χ1v) is 6.70. The number of ether oxygens (including phenoxy) is 1. The Balaban J connectivity index is 1.93. The minimum atomic E-state index is 0.420. The van der Waals surface area contributed by atoms with Crippen LogP contribution in [0.2, 0.25) is 5.02 Å². The zero-order valence-electron chi connectivity index (χ0n) is 11.5. The van der Waals surface area contributed by atoms with Gasteiger partial charge in [0.1, 0.15) is 5.75 Å². The lowest BCUT2D eigenvalue weighted by Gasteiger charge is -2.08. The van der Waals surface area contributed by atoms with Gasteiger partial charge in [-0.15, -0.1) is 0 Å². The first-order valence-electron chi connectivity index (χ1n) is 6.33. The minimum absolute atomic E-state index is 0.420. The quantitative estimate of drug-likeness (QED) is 0.658. The fraction of sp³-hybridized carbons (Fsp3) is 0.500. The van der Waals surface area contributed by atoms with Crippen molar-refractivity contribution in [3.05, 3.63) is 23.2 Å². The lowest BCUT2D eigenvalue weighted by atomic mass is 10.1. The Hall–Kier alpha value is -1.42.